The van der Waals surface area contributed by atoms with Gasteiger partial charge in [0.25, 0.3) is 0 Å². The Bertz CT molecular complexity index is 658. The van der Waals surface area contributed by atoms with Crippen molar-refractivity contribution in [2.75, 3.05) is 0 Å². The van der Waals surface area contributed by atoms with E-state index in [1.54, 1.807) is 18.2 Å². The predicted octanol–water partition coefficient (Wildman–Crippen LogP) is 4.07. The van der Waals surface area contributed by atoms with Gasteiger partial charge in [-0.05, 0) is 41.8 Å². The van der Waals surface area contributed by atoms with Gasteiger partial charge in [0, 0.05) is 11.4 Å². The first kappa shape index (κ1) is 15.5. The van der Waals surface area contributed by atoms with Crippen LogP contribution >= 0.6 is 23.2 Å². The molecule has 0 radical (unpaired) electrons. The lowest BCUT2D eigenvalue weighted by molar-refractivity contribution is 0.682. The normalized spacial score (nSPS) is 12.4. The van der Waals surface area contributed by atoms with Crippen LogP contribution < -0.4 is 5.73 Å². The van der Waals surface area contributed by atoms with Gasteiger partial charge in [-0.2, -0.15) is 0 Å². The van der Waals surface area contributed by atoms with E-state index in [9.17, 15) is 4.21 Å². The highest BCUT2D eigenvalue weighted by atomic mass is 35.5. The lowest BCUT2D eigenvalue weighted by atomic mass is 10.1. The van der Waals surface area contributed by atoms with Gasteiger partial charge in [0.2, 0.25) is 0 Å². The number of aryl methyl sites for hydroxylation is 1. The van der Waals surface area contributed by atoms with Crippen molar-refractivity contribution in [2.45, 2.75) is 24.1 Å². The minimum absolute atomic E-state index is 0.424. The highest BCUT2D eigenvalue weighted by molar-refractivity contribution is 7.84. The van der Waals surface area contributed by atoms with Crippen LogP contribution in [0, 0.1) is 6.92 Å². The monoisotopic (exact) mass is 327 g/mol. The molecule has 0 saturated heterocycles. The molecule has 2 nitrogen and oxygen atoms in total. The molecule has 0 amide bonds. The Morgan fingerprint density at radius 2 is 1.85 bits per heavy atom. The molecule has 2 N–H and O–H groups in total. The second-order valence-corrected chi connectivity index (χ2v) is 6.80. The van der Waals surface area contributed by atoms with Crippen LogP contribution in [0.3, 0.4) is 0 Å². The summed E-state index contributed by atoms with van der Waals surface area (Å²) in [5.41, 5.74) is 8.83. The topological polar surface area (TPSA) is 43.1 Å². The molecule has 0 aliphatic heterocycles. The van der Waals surface area contributed by atoms with Gasteiger partial charge in [-0.1, -0.05) is 41.4 Å². The SMILES string of the molecule is Cc1cc(CN)ccc1CS(=O)c1ccc(Cl)c(Cl)c1. The fourth-order valence-corrected chi connectivity index (χ4v) is 3.49. The van der Waals surface area contributed by atoms with Crippen LogP contribution in [0.4, 0.5) is 0 Å². The molecule has 20 heavy (non-hydrogen) atoms. The summed E-state index contributed by atoms with van der Waals surface area (Å²) in [6.45, 7) is 2.51. The number of benzene rings is 2. The van der Waals surface area contributed by atoms with Crippen LogP contribution in [0.1, 0.15) is 16.7 Å². The summed E-state index contributed by atoms with van der Waals surface area (Å²) in [7, 11) is -1.15. The highest BCUT2D eigenvalue weighted by Crippen LogP contribution is 2.25. The van der Waals surface area contributed by atoms with Gasteiger partial charge in [0.15, 0.2) is 0 Å². The lowest BCUT2D eigenvalue weighted by Gasteiger charge is -2.08. The molecule has 0 aromatic heterocycles. The molecule has 0 fully saturated rings. The van der Waals surface area contributed by atoms with E-state index in [-0.39, 0.29) is 0 Å². The Morgan fingerprint density at radius 1 is 1.10 bits per heavy atom. The van der Waals surface area contributed by atoms with E-state index in [0.717, 1.165) is 16.7 Å². The van der Waals surface area contributed by atoms with E-state index < -0.39 is 10.8 Å². The number of nitrogens with two attached hydrogens (primary N) is 1. The second-order valence-electron chi connectivity index (χ2n) is 4.53. The standard InChI is InChI=1S/C15H15Cl2NOS/c1-10-6-11(8-18)2-3-12(10)9-20(19)13-4-5-14(16)15(17)7-13/h2-7H,8-9,18H2,1H3. The third-order valence-corrected chi connectivity index (χ3v) is 5.18. The minimum Gasteiger partial charge on any atom is -0.326 e. The molecular formula is C15H15Cl2NOS. The summed E-state index contributed by atoms with van der Waals surface area (Å²) in [6, 6.07) is 11.0. The molecule has 0 aliphatic rings. The minimum atomic E-state index is -1.15. The van der Waals surface area contributed by atoms with Crippen molar-refractivity contribution >= 4 is 34.0 Å². The Labute approximate surface area is 131 Å². The van der Waals surface area contributed by atoms with E-state index in [1.807, 2.05) is 25.1 Å². The van der Waals surface area contributed by atoms with E-state index in [1.165, 1.54) is 0 Å². The van der Waals surface area contributed by atoms with Crippen molar-refractivity contribution < 1.29 is 4.21 Å². The molecule has 2 aromatic carbocycles. The molecule has 0 bridgehead atoms. The summed E-state index contributed by atoms with van der Waals surface area (Å²) < 4.78 is 12.4. The Hall–Kier alpha value is -0.870. The van der Waals surface area contributed by atoms with Crippen molar-refractivity contribution in [1.29, 1.82) is 0 Å². The zero-order valence-corrected chi connectivity index (χ0v) is 13.4. The van der Waals surface area contributed by atoms with Crippen molar-refractivity contribution in [3.05, 3.63) is 63.1 Å². The van der Waals surface area contributed by atoms with Crippen molar-refractivity contribution in [3.63, 3.8) is 0 Å². The summed E-state index contributed by atoms with van der Waals surface area (Å²) in [4.78, 5) is 0.682. The largest absolute Gasteiger partial charge is 0.326 e. The number of hydrogen-bond donors (Lipinski definition) is 1. The van der Waals surface area contributed by atoms with Gasteiger partial charge in [0.05, 0.1) is 26.6 Å². The number of hydrogen-bond acceptors (Lipinski definition) is 2. The molecular weight excluding hydrogens is 313 g/mol. The first-order valence-corrected chi connectivity index (χ1v) is 8.20. The predicted molar refractivity (Wildman–Crippen MR) is 85.6 cm³/mol. The van der Waals surface area contributed by atoms with E-state index in [0.29, 0.717) is 27.2 Å². The smallest absolute Gasteiger partial charge is 0.0604 e. The van der Waals surface area contributed by atoms with Crippen LogP contribution in [-0.4, -0.2) is 4.21 Å². The van der Waals surface area contributed by atoms with Crippen molar-refractivity contribution in [1.82, 2.24) is 0 Å². The van der Waals surface area contributed by atoms with E-state index in [4.69, 9.17) is 28.9 Å². The summed E-state index contributed by atoms with van der Waals surface area (Å²) in [5, 5.41) is 0.892. The zero-order valence-electron chi connectivity index (χ0n) is 11.0. The van der Waals surface area contributed by atoms with Gasteiger partial charge in [-0.15, -0.1) is 0 Å². The third-order valence-electron chi connectivity index (χ3n) is 3.08. The summed E-state index contributed by atoms with van der Waals surface area (Å²) >= 11 is 11.8. The molecule has 1 unspecified atom stereocenters. The number of rotatable bonds is 4. The maximum Gasteiger partial charge on any atom is 0.0604 e. The summed E-state index contributed by atoms with van der Waals surface area (Å²) in [6.07, 6.45) is 0. The molecule has 5 heteroatoms. The molecule has 106 valence electrons. The molecule has 2 aromatic rings. The van der Waals surface area contributed by atoms with Crippen LogP contribution in [0.15, 0.2) is 41.3 Å². The van der Waals surface area contributed by atoms with Gasteiger partial charge in [-0.3, -0.25) is 4.21 Å². The highest BCUT2D eigenvalue weighted by Gasteiger charge is 2.09. The average molecular weight is 328 g/mol. The molecule has 0 heterocycles. The van der Waals surface area contributed by atoms with Gasteiger partial charge in [0.1, 0.15) is 0 Å². The van der Waals surface area contributed by atoms with Crippen LogP contribution in [0.5, 0.6) is 0 Å². The number of halogens is 2. The van der Waals surface area contributed by atoms with Gasteiger partial charge in [-0.25, -0.2) is 0 Å². The first-order valence-electron chi connectivity index (χ1n) is 6.13. The Morgan fingerprint density at radius 3 is 2.45 bits per heavy atom. The average Bonchev–Trinajstić information content (AvgIpc) is 2.43. The second kappa shape index (κ2) is 6.72. The molecule has 0 saturated carbocycles. The molecule has 2 rings (SSSR count). The van der Waals surface area contributed by atoms with Gasteiger partial charge < -0.3 is 5.73 Å². The van der Waals surface area contributed by atoms with Crippen molar-refractivity contribution in [2.24, 2.45) is 5.73 Å². The molecule has 0 aliphatic carbocycles. The van der Waals surface area contributed by atoms with Crippen LogP contribution in [-0.2, 0) is 23.1 Å². The maximum atomic E-state index is 12.4. The van der Waals surface area contributed by atoms with Crippen LogP contribution in [0.2, 0.25) is 10.0 Å². The summed E-state index contributed by atoms with van der Waals surface area (Å²) in [5.74, 6) is 0.453. The lowest BCUT2D eigenvalue weighted by Crippen LogP contribution is -2.01. The molecule has 0 spiro atoms. The first-order chi connectivity index (χ1) is 9.51. The quantitative estimate of drug-likeness (QED) is 0.919. The van der Waals surface area contributed by atoms with Crippen LogP contribution in [0.25, 0.3) is 0 Å². The Kier molecular flexibility index (Phi) is 5.22. The molecule has 1 atom stereocenters. The van der Waals surface area contributed by atoms with E-state index in [2.05, 4.69) is 0 Å². The third kappa shape index (κ3) is 3.61. The Balaban J connectivity index is 2.21. The maximum absolute atomic E-state index is 12.4. The fraction of sp³-hybridized carbons (Fsp3) is 0.200. The fourth-order valence-electron chi connectivity index (χ4n) is 1.89. The van der Waals surface area contributed by atoms with Gasteiger partial charge >= 0.3 is 0 Å². The zero-order chi connectivity index (χ0) is 14.7. The van der Waals surface area contributed by atoms with E-state index >= 15 is 0 Å². The van der Waals surface area contributed by atoms with Crippen molar-refractivity contribution in [3.8, 4) is 0 Å².